The number of amides is 1. The average Bonchev–Trinajstić information content (AvgIpc) is 2.66. The number of nitrogens with one attached hydrogen (secondary N) is 1. The standard InChI is InChI=1S/C19H18Cl2N2O3S/c20-14-9-15(21)11-16(10-14)22-18(24)12-26-17-3-1-13(2-4-17)19(27)23-5-7-25-8-6-23/h1-4,9-11H,5-8,12H2,(H,22,24). The van der Waals surface area contributed by atoms with Gasteiger partial charge in [-0.25, -0.2) is 0 Å². The summed E-state index contributed by atoms with van der Waals surface area (Å²) in [4.78, 5) is 14.9. The zero-order valence-corrected chi connectivity index (χ0v) is 16.7. The largest absolute Gasteiger partial charge is 0.484 e. The third-order valence-electron chi connectivity index (χ3n) is 3.92. The van der Waals surface area contributed by atoms with Crippen LogP contribution in [0.1, 0.15) is 5.56 Å². The van der Waals surface area contributed by atoms with E-state index in [-0.39, 0.29) is 12.5 Å². The first-order valence-corrected chi connectivity index (χ1v) is 9.53. The molecule has 0 spiro atoms. The van der Waals surface area contributed by atoms with Crippen LogP contribution >= 0.6 is 35.4 Å². The number of rotatable bonds is 5. The average molecular weight is 425 g/mol. The molecular formula is C19H18Cl2N2O3S. The first-order chi connectivity index (χ1) is 13.0. The summed E-state index contributed by atoms with van der Waals surface area (Å²) in [6.07, 6.45) is 0. The van der Waals surface area contributed by atoms with Crippen molar-refractivity contribution in [1.82, 2.24) is 4.90 Å². The SMILES string of the molecule is O=C(COc1ccc(C(=S)N2CCOCC2)cc1)Nc1cc(Cl)cc(Cl)c1. The zero-order valence-electron chi connectivity index (χ0n) is 14.4. The van der Waals surface area contributed by atoms with Crippen molar-refractivity contribution >= 4 is 52.0 Å². The quantitative estimate of drug-likeness (QED) is 0.734. The molecule has 1 fully saturated rings. The van der Waals surface area contributed by atoms with Crippen molar-refractivity contribution < 1.29 is 14.3 Å². The minimum absolute atomic E-state index is 0.128. The highest BCUT2D eigenvalue weighted by molar-refractivity contribution is 7.80. The van der Waals surface area contributed by atoms with Gasteiger partial charge in [0.1, 0.15) is 10.7 Å². The number of benzene rings is 2. The fraction of sp³-hybridized carbons (Fsp3) is 0.263. The lowest BCUT2D eigenvalue weighted by Gasteiger charge is -2.29. The maximum Gasteiger partial charge on any atom is 0.262 e. The normalized spacial score (nSPS) is 13.9. The van der Waals surface area contributed by atoms with Crippen LogP contribution in [-0.2, 0) is 9.53 Å². The van der Waals surface area contributed by atoms with E-state index in [4.69, 9.17) is 44.9 Å². The number of thiocarbonyl (C=S) groups is 1. The van der Waals surface area contributed by atoms with Crippen molar-refractivity contribution in [1.29, 1.82) is 0 Å². The maximum atomic E-state index is 12.0. The van der Waals surface area contributed by atoms with E-state index in [2.05, 4.69) is 10.2 Å². The summed E-state index contributed by atoms with van der Waals surface area (Å²) in [5.41, 5.74) is 1.46. The number of carbonyl (C=O) groups is 1. The van der Waals surface area contributed by atoms with Crippen LogP contribution in [-0.4, -0.2) is 48.7 Å². The van der Waals surface area contributed by atoms with E-state index in [1.54, 1.807) is 30.3 Å². The monoisotopic (exact) mass is 424 g/mol. The Morgan fingerprint density at radius 3 is 2.37 bits per heavy atom. The minimum atomic E-state index is -0.304. The van der Waals surface area contributed by atoms with Crippen LogP contribution in [0.2, 0.25) is 10.0 Å². The second-order valence-corrected chi connectivity index (χ2v) is 7.18. The van der Waals surface area contributed by atoms with Crippen molar-refractivity contribution in [3.05, 3.63) is 58.1 Å². The van der Waals surface area contributed by atoms with E-state index in [1.165, 1.54) is 0 Å². The van der Waals surface area contributed by atoms with Gasteiger partial charge < -0.3 is 19.7 Å². The number of anilines is 1. The number of ether oxygens (including phenoxy) is 2. The van der Waals surface area contributed by atoms with E-state index >= 15 is 0 Å². The summed E-state index contributed by atoms with van der Waals surface area (Å²) < 4.78 is 10.9. The molecule has 1 aliphatic heterocycles. The lowest BCUT2D eigenvalue weighted by molar-refractivity contribution is -0.118. The molecule has 1 amide bonds. The third-order valence-corrected chi connectivity index (χ3v) is 4.85. The van der Waals surface area contributed by atoms with Gasteiger partial charge in [0.15, 0.2) is 6.61 Å². The molecule has 0 saturated carbocycles. The molecule has 0 bridgehead atoms. The van der Waals surface area contributed by atoms with Gasteiger partial charge >= 0.3 is 0 Å². The van der Waals surface area contributed by atoms with Gasteiger partial charge in [0.2, 0.25) is 0 Å². The first-order valence-electron chi connectivity index (χ1n) is 8.37. The Morgan fingerprint density at radius 1 is 1.11 bits per heavy atom. The van der Waals surface area contributed by atoms with E-state index in [9.17, 15) is 4.79 Å². The van der Waals surface area contributed by atoms with Gasteiger partial charge in [-0.15, -0.1) is 0 Å². The molecule has 1 aliphatic rings. The van der Waals surface area contributed by atoms with Gasteiger partial charge in [-0.3, -0.25) is 4.79 Å². The molecule has 5 nitrogen and oxygen atoms in total. The summed E-state index contributed by atoms with van der Waals surface area (Å²) in [5, 5.41) is 3.59. The molecule has 2 aromatic carbocycles. The predicted molar refractivity (Wildman–Crippen MR) is 111 cm³/mol. The first kappa shape index (κ1) is 19.9. The highest BCUT2D eigenvalue weighted by Gasteiger charge is 2.15. The van der Waals surface area contributed by atoms with Gasteiger partial charge in [-0.2, -0.15) is 0 Å². The molecule has 0 aromatic heterocycles. The Balaban J connectivity index is 1.52. The van der Waals surface area contributed by atoms with Gasteiger partial charge in [-0.1, -0.05) is 35.4 Å². The molecule has 3 rings (SSSR count). The molecule has 1 saturated heterocycles. The molecule has 1 heterocycles. The Morgan fingerprint density at radius 2 is 1.74 bits per heavy atom. The van der Waals surface area contributed by atoms with Crippen molar-refractivity contribution in [3.63, 3.8) is 0 Å². The molecular weight excluding hydrogens is 407 g/mol. The van der Waals surface area contributed by atoms with E-state index in [1.807, 2.05) is 12.1 Å². The number of carbonyl (C=O) groups excluding carboxylic acids is 1. The summed E-state index contributed by atoms with van der Waals surface area (Å²) in [6.45, 7) is 2.84. The van der Waals surface area contributed by atoms with Crippen LogP contribution in [0.3, 0.4) is 0 Å². The van der Waals surface area contributed by atoms with Gasteiger partial charge in [0.05, 0.1) is 13.2 Å². The van der Waals surface area contributed by atoms with Crippen LogP contribution in [0.15, 0.2) is 42.5 Å². The maximum absolute atomic E-state index is 12.0. The Kier molecular flexibility index (Phi) is 6.90. The highest BCUT2D eigenvalue weighted by Crippen LogP contribution is 2.22. The van der Waals surface area contributed by atoms with Crippen LogP contribution in [0.25, 0.3) is 0 Å². The zero-order chi connectivity index (χ0) is 19.2. The lowest BCUT2D eigenvalue weighted by Crippen LogP contribution is -2.40. The van der Waals surface area contributed by atoms with Crippen molar-refractivity contribution in [2.45, 2.75) is 0 Å². The van der Waals surface area contributed by atoms with Crippen LogP contribution in [0, 0.1) is 0 Å². The molecule has 2 aromatic rings. The number of hydrogen-bond donors (Lipinski definition) is 1. The van der Waals surface area contributed by atoms with Crippen molar-refractivity contribution in [3.8, 4) is 5.75 Å². The molecule has 1 N–H and O–H groups in total. The van der Waals surface area contributed by atoms with Gasteiger partial charge in [0.25, 0.3) is 5.91 Å². The summed E-state index contributed by atoms with van der Waals surface area (Å²) in [6, 6.07) is 12.2. The van der Waals surface area contributed by atoms with Crippen LogP contribution in [0.4, 0.5) is 5.69 Å². The molecule has 142 valence electrons. The number of hydrogen-bond acceptors (Lipinski definition) is 4. The fourth-order valence-corrected chi connectivity index (χ4v) is 3.46. The van der Waals surface area contributed by atoms with Crippen LogP contribution < -0.4 is 10.1 Å². The lowest BCUT2D eigenvalue weighted by atomic mass is 10.2. The van der Waals surface area contributed by atoms with E-state index < -0.39 is 0 Å². The second kappa shape index (κ2) is 9.37. The number of morpholine rings is 1. The van der Waals surface area contributed by atoms with Gasteiger partial charge in [0, 0.05) is 34.4 Å². The molecule has 0 unspecified atom stereocenters. The van der Waals surface area contributed by atoms with E-state index in [0.717, 1.165) is 23.6 Å². The highest BCUT2D eigenvalue weighted by atomic mass is 35.5. The van der Waals surface area contributed by atoms with Crippen molar-refractivity contribution in [2.24, 2.45) is 0 Å². The van der Waals surface area contributed by atoms with Gasteiger partial charge in [-0.05, 0) is 42.5 Å². The topological polar surface area (TPSA) is 50.8 Å². The molecule has 8 heteroatoms. The molecule has 27 heavy (non-hydrogen) atoms. The second-order valence-electron chi connectivity index (χ2n) is 5.92. The van der Waals surface area contributed by atoms with Crippen molar-refractivity contribution in [2.75, 3.05) is 38.2 Å². The summed E-state index contributed by atoms with van der Waals surface area (Å²) in [7, 11) is 0. The number of halogens is 2. The fourth-order valence-electron chi connectivity index (χ4n) is 2.61. The molecule has 0 radical (unpaired) electrons. The Hall–Kier alpha value is -1.86. The Labute approximate surface area is 173 Å². The minimum Gasteiger partial charge on any atom is -0.484 e. The molecule has 0 atom stereocenters. The summed E-state index contributed by atoms with van der Waals surface area (Å²) in [5.74, 6) is 0.282. The third kappa shape index (κ3) is 5.81. The number of nitrogens with zero attached hydrogens (tertiary/aromatic N) is 1. The smallest absolute Gasteiger partial charge is 0.262 e. The summed E-state index contributed by atoms with van der Waals surface area (Å²) >= 11 is 17.4. The Bertz CT molecular complexity index is 804. The molecule has 0 aliphatic carbocycles. The predicted octanol–water partition coefficient (Wildman–Crippen LogP) is 4.02. The van der Waals surface area contributed by atoms with E-state index in [0.29, 0.717) is 34.7 Å². The van der Waals surface area contributed by atoms with Crippen LogP contribution in [0.5, 0.6) is 5.75 Å².